The van der Waals surface area contributed by atoms with E-state index in [0.717, 1.165) is 5.52 Å². The molecule has 0 aliphatic rings. The highest BCUT2D eigenvalue weighted by molar-refractivity contribution is 7.98. The number of hydrogen-bond acceptors (Lipinski definition) is 4. The summed E-state index contributed by atoms with van der Waals surface area (Å²) in [5.41, 5.74) is 3.03. The molecular formula is C16H14F3N3OS. The first kappa shape index (κ1) is 16.6. The van der Waals surface area contributed by atoms with Gasteiger partial charge in [0.15, 0.2) is 5.16 Å². The van der Waals surface area contributed by atoms with E-state index in [4.69, 9.17) is 0 Å². The molecule has 0 saturated carbocycles. The van der Waals surface area contributed by atoms with E-state index in [1.807, 2.05) is 0 Å². The topological polar surface area (TPSA) is 50.8 Å². The van der Waals surface area contributed by atoms with Crippen LogP contribution in [0.15, 0.2) is 29.6 Å². The molecule has 0 aliphatic carbocycles. The maximum absolute atomic E-state index is 13.2. The second kappa shape index (κ2) is 6.72. The molecule has 0 atom stereocenters. The first-order chi connectivity index (χ1) is 11.4. The van der Waals surface area contributed by atoms with Gasteiger partial charge in [0.1, 0.15) is 11.6 Å². The van der Waals surface area contributed by atoms with Crippen LogP contribution in [0.1, 0.15) is 16.8 Å². The average molecular weight is 353 g/mol. The number of aromatic nitrogens is 3. The number of imidazole rings is 1. The standard InChI is InChI=1S/C16H14F3N3OS/c1-8-6-20-13(9(2)14(8)23-15(18)19)7-24-16-21-11-4-3-10(17)5-12(11)22-16/h3-6,15H,7H2,1-2H3,(H,21,22). The highest BCUT2D eigenvalue weighted by atomic mass is 32.2. The number of fused-ring (bicyclic) bond motifs is 1. The molecule has 0 saturated heterocycles. The predicted octanol–water partition coefficient (Wildman–Crippen LogP) is 4.61. The molecule has 0 bridgehead atoms. The molecule has 4 nitrogen and oxygen atoms in total. The zero-order valence-corrected chi connectivity index (χ0v) is 13.8. The number of H-pyrrole nitrogens is 1. The van der Waals surface area contributed by atoms with Crippen LogP contribution in [0.4, 0.5) is 13.2 Å². The molecule has 0 amide bonds. The van der Waals surface area contributed by atoms with Crippen LogP contribution in [-0.2, 0) is 5.75 Å². The van der Waals surface area contributed by atoms with E-state index in [9.17, 15) is 13.2 Å². The Morgan fingerprint density at radius 1 is 1.29 bits per heavy atom. The number of thioether (sulfide) groups is 1. The average Bonchev–Trinajstić information content (AvgIpc) is 2.92. The Hall–Kier alpha value is -2.22. The zero-order chi connectivity index (χ0) is 17.3. The van der Waals surface area contributed by atoms with Crippen molar-refractivity contribution < 1.29 is 17.9 Å². The van der Waals surface area contributed by atoms with Gasteiger partial charge in [0.05, 0.1) is 16.7 Å². The lowest BCUT2D eigenvalue weighted by molar-refractivity contribution is -0.0508. The summed E-state index contributed by atoms with van der Waals surface area (Å²) in [6, 6.07) is 4.32. The van der Waals surface area contributed by atoms with Crippen molar-refractivity contribution in [2.24, 2.45) is 0 Å². The molecule has 0 radical (unpaired) electrons. The summed E-state index contributed by atoms with van der Waals surface area (Å²) in [6.07, 6.45) is 1.51. The summed E-state index contributed by atoms with van der Waals surface area (Å²) in [4.78, 5) is 11.7. The van der Waals surface area contributed by atoms with Crippen LogP contribution in [0.5, 0.6) is 5.75 Å². The second-order valence-corrected chi connectivity index (χ2v) is 6.18. The SMILES string of the molecule is Cc1cnc(CSc2nc3cc(F)ccc3[nH]2)c(C)c1OC(F)F. The third-order valence-corrected chi connectivity index (χ3v) is 4.41. The minimum atomic E-state index is -2.88. The number of nitrogens with zero attached hydrogens (tertiary/aromatic N) is 2. The Bertz CT molecular complexity index is 882. The van der Waals surface area contributed by atoms with E-state index in [0.29, 0.717) is 33.2 Å². The minimum absolute atomic E-state index is 0.155. The Labute approximate surface area is 140 Å². The van der Waals surface area contributed by atoms with Crippen molar-refractivity contribution in [1.29, 1.82) is 0 Å². The molecule has 0 spiro atoms. The molecule has 1 aromatic carbocycles. The summed E-state index contributed by atoms with van der Waals surface area (Å²) in [6.45, 7) is 0.486. The summed E-state index contributed by atoms with van der Waals surface area (Å²) in [7, 11) is 0. The molecule has 2 aromatic heterocycles. The van der Waals surface area contributed by atoms with Crippen molar-refractivity contribution in [2.75, 3.05) is 0 Å². The van der Waals surface area contributed by atoms with E-state index in [2.05, 4.69) is 19.7 Å². The number of halogens is 3. The van der Waals surface area contributed by atoms with Crippen molar-refractivity contribution >= 4 is 22.8 Å². The van der Waals surface area contributed by atoms with Gasteiger partial charge in [-0.25, -0.2) is 9.37 Å². The first-order valence-electron chi connectivity index (χ1n) is 7.12. The van der Waals surface area contributed by atoms with Gasteiger partial charge in [-0.05, 0) is 26.0 Å². The monoisotopic (exact) mass is 353 g/mol. The van der Waals surface area contributed by atoms with Gasteiger partial charge in [-0.1, -0.05) is 11.8 Å². The van der Waals surface area contributed by atoms with Crippen LogP contribution >= 0.6 is 11.8 Å². The minimum Gasteiger partial charge on any atom is -0.434 e. The van der Waals surface area contributed by atoms with Crippen LogP contribution in [0.2, 0.25) is 0 Å². The van der Waals surface area contributed by atoms with Crippen molar-refractivity contribution in [1.82, 2.24) is 15.0 Å². The Kier molecular flexibility index (Phi) is 4.66. The maximum atomic E-state index is 13.2. The fourth-order valence-corrected chi connectivity index (χ4v) is 3.24. The Morgan fingerprint density at radius 3 is 2.83 bits per heavy atom. The number of aryl methyl sites for hydroxylation is 1. The van der Waals surface area contributed by atoms with Gasteiger partial charge in [-0.15, -0.1) is 0 Å². The van der Waals surface area contributed by atoms with Crippen LogP contribution in [0.3, 0.4) is 0 Å². The van der Waals surface area contributed by atoms with Crippen LogP contribution in [-0.4, -0.2) is 21.6 Å². The van der Waals surface area contributed by atoms with Crippen LogP contribution in [0.25, 0.3) is 11.0 Å². The van der Waals surface area contributed by atoms with Crippen molar-refractivity contribution in [2.45, 2.75) is 31.4 Å². The molecule has 3 aromatic rings. The molecule has 126 valence electrons. The first-order valence-corrected chi connectivity index (χ1v) is 8.10. The normalized spacial score (nSPS) is 11.4. The van der Waals surface area contributed by atoms with E-state index in [-0.39, 0.29) is 11.6 Å². The zero-order valence-electron chi connectivity index (χ0n) is 12.9. The van der Waals surface area contributed by atoms with Gasteiger partial charge >= 0.3 is 6.61 Å². The summed E-state index contributed by atoms with van der Waals surface area (Å²) < 4.78 is 42.8. The number of hydrogen-bond donors (Lipinski definition) is 1. The lowest BCUT2D eigenvalue weighted by Crippen LogP contribution is -2.07. The van der Waals surface area contributed by atoms with E-state index in [1.54, 1.807) is 19.9 Å². The number of aromatic amines is 1. The number of alkyl halides is 2. The number of benzene rings is 1. The number of nitrogens with one attached hydrogen (secondary N) is 1. The molecule has 0 unspecified atom stereocenters. The largest absolute Gasteiger partial charge is 0.434 e. The number of pyridine rings is 1. The van der Waals surface area contributed by atoms with Gasteiger partial charge in [0.25, 0.3) is 0 Å². The summed E-state index contributed by atoms with van der Waals surface area (Å²) in [5.74, 6) is 0.228. The van der Waals surface area contributed by atoms with Gasteiger partial charge in [-0.3, -0.25) is 4.98 Å². The van der Waals surface area contributed by atoms with Gasteiger partial charge in [0, 0.05) is 29.1 Å². The van der Waals surface area contributed by atoms with Crippen LogP contribution < -0.4 is 4.74 Å². The Morgan fingerprint density at radius 2 is 2.08 bits per heavy atom. The third kappa shape index (κ3) is 3.48. The highest BCUT2D eigenvalue weighted by Crippen LogP contribution is 2.30. The maximum Gasteiger partial charge on any atom is 0.387 e. The molecule has 0 fully saturated rings. The smallest absolute Gasteiger partial charge is 0.387 e. The summed E-state index contributed by atoms with van der Waals surface area (Å²) in [5, 5.41) is 0.605. The van der Waals surface area contributed by atoms with Crippen molar-refractivity contribution in [3.05, 3.63) is 47.0 Å². The van der Waals surface area contributed by atoms with E-state index in [1.165, 1.54) is 30.1 Å². The number of rotatable bonds is 5. The third-order valence-electron chi connectivity index (χ3n) is 3.52. The molecule has 8 heteroatoms. The van der Waals surface area contributed by atoms with E-state index >= 15 is 0 Å². The van der Waals surface area contributed by atoms with Crippen molar-refractivity contribution in [3.63, 3.8) is 0 Å². The Balaban J connectivity index is 1.80. The molecule has 0 aliphatic heterocycles. The predicted molar refractivity (Wildman–Crippen MR) is 86.0 cm³/mol. The lowest BCUT2D eigenvalue weighted by atomic mass is 10.1. The quantitative estimate of drug-likeness (QED) is 0.681. The highest BCUT2D eigenvalue weighted by Gasteiger charge is 2.15. The fourth-order valence-electron chi connectivity index (χ4n) is 2.33. The number of ether oxygens (including phenoxy) is 1. The molecule has 1 N–H and O–H groups in total. The lowest BCUT2D eigenvalue weighted by Gasteiger charge is -2.13. The van der Waals surface area contributed by atoms with E-state index < -0.39 is 6.61 Å². The van der Waals surface area contributed by atoms with Gasteiger partial charge in [-0.2, -0.15) is 8.78 Å². The summed E-state index contributed by atoms with van der Waals surface area (Å²) >= 11 is 1.36. The molecular weight excluding hydrogens is 339 g/mol. The van der Waals surface area contributed by atoms with Crippen LogP contribution in [0, 0.1) is 19.7 Å². The fraction of sp³-hybridized carbons (Fsp3) is 0.250. The van der Waals surface area contributed by atoms with Gasteiger partial charge in [0.2, 0.25) is 0 Å². The van der Waals surface area contributed by atoms with Crippen molar-refractivity contribution in [3.8, 4) is 5.75 Å². The molecule has 3 rings (SSSR count). The molecule has 24 heavy (non-hydrogen) atoms. The van der Waals surface area contributed by atoms with Gasteiger partial charge < -0.3 is 9.72 Å². The second-order valence-electron chi connectivity index (χ2n) is 5.21. The molecule has 2 heterocycles.